The third-order valence-electron chi connectivity index (χ3n) is 25.7. The molecule has 17 atom stereocenters. The van der Waals surface area contributed by atoms with Crippen LogP contribution in [0.3, 0.4) is 0 Å². The van der Waals surface area contributed by atoms with Crippen LogP contribution < -0.4 is 5.32 Å². The predicted octanol–water partition coefficient (Wildman–Crippen LogP) is 21.5. The van der Waals surface area contributed by atoms with Crippen LogP contribution in [0, 0.1) is 0 Å². The Bertz CT molecular complexity index is 2230. The van der Waals surface area contributed by atoms with E-state index in [1.807, 2.05) is 6.08 Å². The van der Waals surface area contributed by atoms with Gasteiger partial charge in [-0.05, 0) is 44.9 Å². The van der Waals surface area contributed by atoms with Gasteiger partial charge in [0, 0.05) is 6.42 Å². The molecule has 704 valence electrons. The number of aliphatic hydroxyl groups is 11. The Morgan fingerprint density at radius 2 is 0.529 bits per heavy atom. The van der Waals surface area contributed by atoms with Crippen LogP contribution in [0.4, 0.5) is 0 Å². The summed E-state index contributed by atoms with van der Waals surface area (Å²) in [5.74, 6) is -0.264. The number of nitrogens with one attached hydrogen (secondary N) is 1. The minimum absolute atomic E-state index is 0.250. The molecule has 3 fully saturated rings. The second-order valence-corrected chi connectivity index (χ2v) is 36.7. The lowest BCUT2D eigenvalue weighted by molar-refractivity contribution is -0.379. The van der Waals surface area contributed by atoms with Crippen LogP contribution in [0.1, 0.15) is 476 Å². The molecule has 0 saturated carbocycles. The van der Waals surface area contributed by atoms with E-state index in [0.717, 1.165) is 44.9 Å². The number of carbonyl (C=O) groups excluding carboxylic acids is 1. The summed E-state index contributed by atoms with van der Waals surface area (Å²) in [6, 6.07) is -0.973. The Hall–Kier alpha value is -1.73. The smallest absolute Gasteiger partial charge is 0.220 e. The minimum atomic E-state index is -1.98. The van der Waals surface area contributed by atoms with E-state index in [0.29, 0.717) is 6.42 Å². The second kappa shape index (κ2) is 79.6. The molecule has 0 aromatic carbocycles. The Morgan fingerprint density at radius 3 is 0.815 bits per heavy atom. The number of unbranched alkanes of at least 4 members (excludes halogenated alkanes) is 68. The van der Waals surface area contributed by atoms with Crippen LogP contribution in [0.15, 0.2) is 24.3 Å². The standard InChI is InChI=1S/C100H191NO18/c1-3-5-7-9-11-13-15-17-19-21-23-25-27-29-31-33-35-37-38-39-40-41-42-43-44-46-48-50-52-54-56-58-60-62-64-66-68-70-72-74-76-78-88(106)101-83(84(105)77-75-73-71-69-67-65-63-61-59-57-55-53-51-49-47-45-36-34-32-30-28-26-24-22-20-18-16-14-12-10-8-6-4-2)82-114-98-94(112)91(109)96(86(80-103)116-98)119-100-95(113)92(110)97(87(81-104)117-100)118-99-93(111)90(108)89(107)85(79-102)115-99/h21,23,75,77,83-87,89-100,102-105,107-113H,3-20,22,24-74,76,78-82H2,1-2H3,(H,101,106)/b23-21-,77-75+. The van der Waals surface area contributed by atoms with Gasteiger partial charge in [-0.1, -0.05) is 449 Å². The van der Waals surface area contributed by atoms with Gasteiger partial charge < -0.3 is 89.9 Å². The number of amides is 1. The highest BCUT2D eigenvalue weighted by Crippen LogP contribution is 2.34. The topological polar surface area (TPSA) is 307 Å². The fourth-order valence-corrected chi connectivity index (χ4v) is 17.7. The molecule has 3 aliphatic rings. The van der Waals surface area contributed by atoms with Crippen molar-refractivity contribution in [2.75, 3.05) is 26.4 Å². The van der Waals surface area contributed by atoms with Gasteiger partial charge >= 0.3 is 0 Å². The lowest BCUT2D eigenvalue weighted by Gasteiger charge is -2.48. The lowest BCUT2D eigenvalue weighted by atomic mass is 9.96. The van der Waals surface area contributed by atoms with E-state index in [-0.39, 0.29) is 18.9 Å². The Morgan fingerprint density at radius 1 is 0.294 bits per heavy atom. The molecule has 3 rings (SSSR count). The molecule has 12 N–H and O–H groups in total. The number of hydrogen-bond donors (Lipinski definition) is 12. The van der Waals surface area contributed by atoms with Crippen molar-refractivity contribution in [3.63, 3.8) is 0 Å². The van der Waals surface area contributed by atoms with Crippen molar-refractivity contribution in [3.8, 4) is 0 Å². The Kier molecular flexibility index (Phi) is 74.6. The van der Waals surface area contributed by atoms with Gasteiger partial charge in [0.1, 0.15) is 73.2 Å². The van der Waals surface area contributed by atoms with Crippen molar-refractivity contribution < 1.29 is 89.4 Å². The molecule has 3 aliphatic heterocycles. The first-order valence-corrected chi connectivity index (χ1v) is 51.1. The number of carbonyl (C=O) groups is 1. The van der Waals surface area contributed by atoms with Crippen LogP contribution in [0.25, 0.3) is 0 Å². The Balaban J connectivity index is 1.27. The SMILES string of the molecule is CCCCCCCCCC/C=C\CCCCCCCCCCCCCCCCCCCCCCCCCCCCCCCC(=O)NC(COC1OC(CO)C(OC2OC(CO)C(OC3OC(CO)C(O)C(O)C3O)C(O)C2O)C(O)C1O)C(O)/C=C/CCCCCCCCCCCCCCCCCCCCCCCCCCCCCCCCC. The first-order valence-electron chi connectivity index (χ1n) is 51.1. The highest BCUT2D eigenvalue weighted by atomic mass is 16.8. The summed E-state index contributed by atoms with van der Waals surface area (Å²) < 4.78 is 34.6. The van der Waals surface area contributed by atoms with E-state index in [2.05, 4.69) is 31.3 Å². The van der Waals surface area contributed by atoms with Crippen molar-refractivity contribution in [2.24, 2.45) is 0 Å². The molecule has 0 spiro atoms. The van der Waals surface area contributed by atoms with Gasteiger partial charge in [0.05, 0.1) is 38.6 Å². The van der Waals surface area contributed by atoms with Crippen molar-refractivity contribution in [3.05, 3.63) is 24.3 Å². The van der Waals surface area contributed by atoms with Crippen molar-refractivity contribution in [1.29, 1.82) is 0 Å². The number of aliphatic hydroxyl groups excluding tert-OH is 11. The summed E-state index contributed by atoms with van der Waals surface area (Å²) in [5.41, 5.74) is 0. The molecule has 119 heavy (non-hydrogen) atoms. The van der Waals surface area contributed by atoms with E-state index in [9.17, 15) is 61.0 Å². The van der Waals surface area contributed by atoms with Gasteiger partial charge in [-0.2, -0.15) is 0 Å². The zero-order valence-corrected chi connectivity index (χ0v) is 76.6. The van der Waals surface area contributed by atoms with E-state index in [1.165, 1.54) is 405 Å². The molecule has 19 heteroatoms. The van der Waals surface area contributed by atoms with Crippen molar-refractivity contribution in [2.45, 2.75) is 580 Å². The van der Waals surface area contributed by atoms with Crippen LogP contribution in [0.5, 0.6) is 0 Å². The summed E-state index contributed by atoms with van der Waals surface area (Å²) in [7, 11) is 0. The minimum Gasteiger partial charge on any atom is -0.394 e. The van der Waals surface area contributed by atoms with Crippen molar-refractivity contribution >= 4 is 5.91 Å². The maximum Gasteiger partial charge on any atom is 0.220 e. The zero-order chi connectivity index (χ0) is 85.9. The second-order valence-electron chi connectivity index (χ2n) is 36.7. The average molecular weight is 1700 g/mol. The van der Waals surface area contributed by atoms with Gasteiger partial charge in [-0.25, -0.2) is 0 Å². The molecule has 0 radical (unpaired) electrons. The monoisotopic (exact) mass is 1690 g/mol. The van der Waals surface area contributed by atoms with Gasteiger partial charge in [0.25, 0.3) is 0 Å². The van der Waals surface area contributed by atoms with Crippen LogP contribution in [-0.2, 0) is 33.2 Å². The number of ether oxygens (including phenoxy) is 6. The molecule has 0 aromatic heterocycles. The molecule has 17 unspecified atom stereocenters. The van der Waals surface area contributed by atoms with Gasteiger partial charge in [0.2, 0.25) is 5.91 Å². The molecule has 0 bridgehead atoms. The Labute approximate surface area is 728 Å². The molecule has 3 saturated heterocycles. The largest absolute Gasteiger partial charge is 0.394 e. The van der Waals surface area contributed by atoms with Gasteiger partial charge in [0.15, 0.2) is 18.9 Å². The van der Waals surface area contributed by atoms with E-state index in [4.69, 9.17) is 28.4 Å². The van der Waals surface area contributed by atoms with Crippen LogP contribution in [0.2, 0.25) is 0 Å². The van der Waals surface area contributed by atoms with Crippen molar-refractivity contribution in [1.82, 2.24) is 5.32 Å². The number of allylic oxidation sites excluding steroid dienone is 3. The predicted molar refractivity (Wildman–Crippen MR) is 485 cm³/mol. The van der Waals surface area contributed by atoms with Crippen LogP contribution in [-0.4, -0.2) is 193 Å². The fraction of sp³-hybridized carbons (Fsp3) is 0.950. The molecule has 0 aromatic rings. The molecule has 3 heterocycles. The quantitative estimate of drug-likeness (QED) is 0.0199. The third kappa shape index (κ3) is 57.0. The summed E-state index contributed by atoms with van der Waals surface area (Å²) in [6.07, 6.45) is 76.6. The highest BCUT2D eigenvalue weighted by molar-refractivity contribution is 5.76. The molecule has 0 aliphatic carbocycles. The van der Waals surface area contributed by atoms with E-state index >= 15 is 0 Å². The molecule has 19 nitrogen and oxygen atoms in total. The van der Waals surface area contributed by atoms with Gasteiger partial charge in [-0.15, -0.1) is 0 Å². The maximum absolute atomic E-state index is 13.6. The summed E-state index contributed by atoms with van der Waals surface area (Å²) in [4.78, 5) is 13.6. The molecule has 1 amide bonds. The first kappa shape index (κ1) is 111. The maximum atomic E-state index is 13.6. The molecular weight excluding hydrogens is 1500 g/mol. The number of rotatable bonds is 86. The highest BCUT2D eigenvalue weighted by Gasteiger charge is 2.54. The number of hydrogen-bond acceptors (Lipinski definition) is 18. The lowest BCUT2D eigenvalue weighted by Crippen LogP contribution is -2.66. The third-order valence-corrected chi connectivity index (χ3v) is 25.7. The zero-order valence-electron chi connectivity index (χ0n) is 76.6. The first-order chi connectivity index (χ1) is 58.3. The summed E-state index contributed by atoms with van der Waals surface area (Å²) in [5, 5.41) is 121. The average Bonchev–Trinajstić information content (AvgIpc) is 0.778. The van der Waals surface area contributed by atoms with Gasteiger partial charge in [-0.3, -0.25) is 4.79 Å². The normalized spacial score (nSPS) is 24.2. The fourth-order valence-electron chi connectivity index (χ4n) is 17.7. The summed E-state index contributed by atoms with van der Waals surface area (Å²) >= 11 is 0. The van der Waals surface area contributed by atoms with E-state index < -0.39 is 124 Å². The van der Waals surface area contributed by atoms with Crippen LogP contribution >= 0.6 is 0 Å². The molecular formula is C100H191NO18. The summed E-state index contributed by atoms with van der Waals surface area (Å²) in [6.45, 7) is 1.83. The van der Waals surface area contributed by atoms with E-state index in [1.54, 1.807) is 6.08 Å².